The van der Waals surface area contributed by atoms with Crippen LogP contribution in [0.2, 0.25) is 0 Å². The number of rotatable bonds is 2. The largest absolute Gasteiger partial charge is 0.389 e. The van der Waals surface area contributed by atoms with Gasteiger partial charge in [0.1, 0.15) is 4.99 Å². The average molecular weight is 248 g/mol. The molecule has 1 aliphatic rings. The van der Waals surface area contributed by atoms with E-state index in [1.807, 2.05) is 0 Å². The predicted molar refractivity (Wildman–Crippen MR) is 77.7 cm³/mol. The van der Waals surface area contributed by atoms with Crippen LogP contribution in [0.3, 0.4) is 0 Å². The molecule has 0 amide bonds. The van der Waals surface area contributed by atoms with Gasteiger partial charge in [0.2, 0.25) is 0 Å². The Morgan fingerprint density at radius 1 is 1.18 bits per heavy atom. The van der Waals surface area contributed by atoms with Gasteiger partial charge in [0.05, 0.1) is 0 Å². The number of nitrogens with two attached hydrogens (primary N) is 1. The van der Waals surface area contributed by atoms with Crippen LogP contribution in [0.5, 0.6) is 0 Å². The van der Waals surface area contributed by atoms with Crippen LogP contribution in [0.4, 0.5) is 5.69 Å². The summed E-state index contributed by atoms with van der Waals surface area (Å²) in [7, 11) is 0. The van der Waals surface area contributed by atoms with E-state index >= 15 is 0 Å². The number of nitrogens with zero attached hydrogens (tertiary/aromatic N) is 1. The number of thiocarbonyl (C=S) groups is 1. The molecule has 1 aromatic carbocycles. The molecular weight excluding hydrogens is 228 g/mol. The number of hydrogen-bond donors (Lipinski definition) is 1. The van der Waals surface area contributed by atoms with Crippen molar-refractivity contribution in [1.82, 2.24) is 0 Å². The highest BCUT2D eigenvalue weighted by atomic mass is 32.1. The maximum Gasteiger partial charge on any atom is 0.106 e. The van der Waals surface area contributed by atoms with Crippen molar-refractivity contribution in [3.63, 3.8) is 0 Å². The molecule has 2 rings (SSSR count). The van der Waals surface area contributed by atoms with E-state index in [1.54, 1.807) is 0 Å². The van der Waals surface area contributed by atoms with Crippen molar-refractivity contribution in [3.05, 3.63) is 29.3 Å². The second kappa shape index (κ2) is 5.50. The van der Waals surface area contributed by atoms with Crippen LogP contribution in [0, 0.1) is 6.92 Å². The molecule has 92 valence electrons. The highest BCUT2D eigenvalue weighted by molar-refractivity contribution is 7.80. The topological polar surface area (TPSA) is 29.3 Å². The van der Waals surface area contributed by atoms with Gasteiger partial charge in [-0.05, 0) is 31.9 Å². The summed E-state index contributed by atoms with van der Waals surface area (Å²) in [5, 5.41) is 0. The van der Waals surface area contributed by atoms with Gasteiger partial charge < -0.3 is 10.6 Å². The third kappa shape index (κ3) is 2.97. The highest BCUT2D eigenvalue weighted by Crippen LogP contribution is 2.24. The van der Waals surface area contributed by atoms with Gasteiger partial charge >= 0.3 is 0 Å². The van der Waals surface area contributed by atoms with Gasteiger partial charge in [-0.2, -0.15) is 0 Å². The molecule has 3 heteroatoms. The lowest BCUT2D eigenvalue weighted by Crippen LogP contribution is -2.27. The molecule has 1 aliphatic heterocycles. The van der Waals surface area contributed by atoms with Gasteiger partial charge in [0.15, 0.2) is 0 Å². The molecule has 1 fully saturated rings. The van der Waals surface area contributed by atoms with Crippen molar-refractivity contribution < 1.29 is 0 Å². The first-order valence-corrected chi connectivity index (χ1v) is 6.75. The summed E-state index contributed by atoms with van der Waals surface area (Å²) < 4.78 is 0. The Labute approximate surface area is 109 Å². The zero-order valence-electron chi connectivity index (χ0n) is 10.4. The summed E-state index contributed by atoms with van der Waals surface area (Å²) in [6.07, 6.45) is 5.21. The van der Waals surface area contributed by atoms with Crippen LogP contribution in [-0.2, 0) is 0 Å². The molecule has 0 bridgehead atoms. The first-order chi connectivity index (χ1) is 8.18. The van der Waals surface area contributed by atoms with Crippen LogP contribution in [0.15, 0.2) is 18.2 Å². The van der Waals surface area contributed by atoms with Gasteiger partial charge in [-0.25, -0.2) is 0 Å². The van der Waals surface area contributed by atoms with E-state index in [9.17, 15) is 0 Å². The fourth-order valence-corrected chi connectivity index (χ4v) is 2.60. The van der Waals surface area contributed by atoms with E-state index in [1.165, 1.54) is 36.9 Å². The van der Waals surface area contributed by atoms with Gasteiger partial charge in [-0.3, -0.25) is 0 Å². The Kier molecular flexibility index (Phi) is 4.00. The SMILES string of the molecule is Cc1ccc(N2CCCCCC2)c(C(N)=S)c1. The minimum atomic E-state index is 0.507. The van der Waals surface area contributed by atoms with E-state index in [4.69, 9.17) is 18.0 Å². The van der Waals surface area contributed by atoms with E-state index in [-0.39, 0.29) is 0 Å². The monoisotopic (exact) mass is 248 g/mol. The third-order valence-corrected chi connectivity index (χ3v) is 3.58. The zero-order valence-corrected chi connectivity index (χ0v) is 11.2. The second-order valence-electron chi connectivity index (χ2n) is 4.79. The second-order valence-corrected chi connectivity index (χ2v) is 5.23. The molecule has 0 unspecified atom stereocenters. The van der Waals surface area contributed by atoms with Gasteiger partial charge in [-0.1, -0.05) is 36.7 Å². The van der Waals surface area contributed by atoms with E-state index in [2.05, 4.69) is 30.0 Å². The molecule has 1 aromatic rings. The Balaban J connectivity index is 2.32. The average Bonchev–Trinajstić information content (AvgIpc) is 2.57. The first kappa shape index (κ1) is 12.4. The predicted octanol–water partition coefficient (Wildman–Crippen LogP) is 3.01. The van der Waals surface area contributed by atoms with Crippen LogP contribution in [-0.4, -0.2) is 18.1 Å². The van der Waals surface area contributed by atoms with Crippen molar-refractivity contribution >= 4 is 22.9 Å². The van der Waals surface area contributed by atoms with E-state index < -0.39 is 0 Å². The number of anilines is 1. The standard InChI is InChI=1S/C14H20N2S/c1-11-6-7-13(12(10-11)14(15)17)16-8-4-2-3-5-9-16/h6-7,10H,2-5,8-9H2,1H3,(H2,15,17). The number of benzene rings is 1. The quantitative estimate of drug-likeness (QED) is 0.816. The number of aryl methyl sites for hydroxylation is 1. The summed E-state index contributed by atoms with van der Waals surface area (Å²) in [6.45, 7) is 4.32. The van der Waals surface area contributed by atoms with Crippen LogP contribution in [0.25, 0.3) is 0 Å². The molecule has 17 heavy (non-hydrogen) atoms. The van der Waals surface area contributed by atoms with Gasteiger partial charge in [0.25, 0.3) is 0 Å². The highest BCUT2D eigenvalue weighted by Gasteiger charge is 2.14. The van der Waals surface area contributed by atoms with Gasteiger partial charge in [0, 0.05) is 24.3 Å². The Hall–Kier alpha value is -1.09. The molecule has 0 spiro atoms. The zero-order chi connectivity index (χ0) is 12.3. The van der Waals surface area contributed by atoms with Crippen molar-refractivity contribution in [3.8, 4) is 0 Å². The molecule has 0 aliphatic carbocycles. The third-order valence-electron chi connectivity index (χ3n) is 3.36. The van der Waals surface area contributed by atoms with Crippen molar-refractivity contribution in [2.75, 3.05) is 18.0 Å². The normalized spacial score (nSPS) is 16.6. The Morgan fingerprint density at radius 3 is 2.41 bits per heavy atom. The fraction of sp³-hybridized carbons (Fsp3) is 0.500. The van der Waals surface area contributed by atoms with E-state index in [0.29, 0.717) is 4.99 Å². The minimum absolute atomic E-state index is 0.507. The van der Waals surface area contributed by atoms with Crippen LogP contribution < -0.4 is 10.6 Å². The fourth-order valence-electron chi connectivity index (χ4n) is 2.43. The van der Waals surface area contributed by atoms with Crippen molar-refractivity contribution in [1.29, 1.82) is 0 Å². The summed E-state index contributed by atoms with van der Waals surface area (Å²) in [4.78, 5) is 2.94. The molecule has 2 nitrogen and oxygen atoms in total. The Morgan fingerprint density at radius 2 is 1.82 bits per heavy atom. The molecular formula is C14H20N2S. The maximum absolute atomic E-state index is 5.83. The van der Waals surface area contributed by atoms with E-state index in [0.717, 1.165) is 18.7 Å². The van der Waals surface area contributed by atoms with Crippen LogP contribution in [0.1, 0.15) is 36.8 Å². The molecule has 2 N–H and O–H groups in total. The summed E-state index contributed by atoms with van der Waals surface area (Å²) in [5.41, 5.74) is 9.29. The smallest absolute Gasteiger partial charge is 0.106 e. The maximum atomic E-state index is 5.83. The Bertz CT molecular complexity index is 407. The minimum Gasteiger partial charge on any atom is -0.389 e. The molecule has 0 saturated carbocycles. The molecule has 1 heterocycles. The molecule has 0 atom stereocenters. The first-order valence-electron chi connectivity index (χ1n) is 6.34. The lowest BCUT2D eigenvalue weighted by Gasteiger charge is -2.25. The lowest BCUT2D eigenvalue weighted by molar-refractivity contribution is 0.726. The number of hydrogen-bond acceptors (Lipinski definition) is 2. The van der Waals surface area contributed by atoms with Crippen LogP contribution >= 0.6 is 12.2 Å². The summed E-state index contributed by atoms with van der Waals surface area (Å²) in [6, 6.07) is 6.40. The van der Waals surface area contributed by atoms with Gasteiger partial charge in [-0.15, -0.1) is 0 Å². The molecule has 1 saturated heterocycles. The summed E-state index contributed by atoms with van der Waals surface area (Å²) >= 11 is 5.16. The molecule has 0 radical (unpaired) electrons. The summed E-state index contributed by atoms with van der Waals surface area (Å²) in [5.74, 6) is 0. The van der Waals surface area contributed by atoms with Crippen molar-refractivity contribution in [2.24, 2.45) is 5.73 Å². The lowest BCUT2D eigenvalue weighted by atomic mass is 10.1. The van der Waals surface area contributed by atoms with Crippen molar-refractivity contribution in [2.45, 2.75) is 32.6 Å². The molecule has 0 aromatic heterocycles.